The summed E-state index contributed by atoms with van der Waals surface area (Å²) in [5.41, 5.74) is 2.12. The van der Waals surface area contributed by atoms with Gasteiger partial charge < -0.3 is 10.1 Å². The number of hydrogen-bond acceptors (Lipinski definition) is 5. The number of thiazole rings is 1. The molecule has 9 heteroatoms. The fourth-order valence-electron chi connectivity index (χ4n) is 2.66. The molecule has 0 radical (unpaired) electrons. The van der Waals surface area contributed by atoms with Gasteiger partial charge in [0.25, 0.3) is 11.8 Å². The topological polar surface area (TPSA) is 64.1 Å². The maximum absolute atomic E-state index is 13.3. The number of halogens is 3. The minimum absolute atomic E-state index is 0.0153. The first-order valence-corrected chi connectivity index (χ1v) is 10.9. The van der Waals surface area contributed by atoms with E-state index in [9.17, 15) is 13.6 Å². The van der Waals surface area contributed by atoms with Gasteiger partial charge in [0.05, 0.1) is 22.8 Å². The molecule has 1 aromatic carbocycles. The summed E-state index contributed by atoms with van der Waals surface area (Å²) in [6.45, 7) is 4.33. The summed E-state index contributed by atoms with van der Waals surface area (Å²) in [7, 11) is 0. The van der Waals surface area contributed by atoms with Crippen molar-refractivity contribution in [2.75, 3.05) is 6.61 Å². The van der Waals surface area contributed by atoms with E-state index in [1.165, 1.54) is 6.20 Å². The van der Waals surface area contributed by atoms with Crippen molar-refractivity contribution in [1.29, 1.82) is 0 Å². The summed E-state index contributed by atoms with van der Waals surface area (Å²) in [5, 5.41) is 6.26. The Morgan fingerprint density at radius 2 is 2.00 bits per heavy atom. The molecule has 2 aromatic heterocycles. The Hall–Kier alpha value is -2.58. The van der Waals surface area contributed by atoms with Crippen LogP contribution in [0, 0.1) is 0 Å². The van der Waals surface area contributed by atoms with Gasteiger partial charge in [0.2, 0.25) is 5.88 Å². The molecular formula is C22H22ClF2N3O2S. The third-order valence-corrected chi connectivity index (χ3v) is 5.67. The van der Waals surface area contributed by atoms with E-state index in [2.05, 4.69) is 29.1 Å². The van der Waals surface area contributed by atoms with E-state index in [1.807, 2.05) is 5.38 Å². The Morgan fingerprint density at radius 3 is 2.61 bits per heavy atom. The molecule has 0 bridgehead atoms. The molecule has 31 heavy (non-hydrogen) atoms. The predicted octanol–water partition coefficient (Wildman–Crippen LogP) is 5.95. The van der Waals surface area contributed by atoms with Crippen molar-refractivity contribution >= 4 is 28.8 Å². The number of pyridine rings is 1. The van der Waals surface area contributed by atoms with E-state index < -0.39 is 12.5 Å². The third kappa shape index (κ3) is 6.45. The fraction of sp³-hybridized carbons (Fsp3) is 0.318. The Labute approximate surface area is 188 Å². The van der Waals surface area contributed by atoms with Crippen molar-refractivity contribution in [1.82, 2.24) is 15.3 Å². The van der Waals surface area contributed by atoms with Gasteiger partial charge in [-0.05, 0) is 23.8 Å². The molecule has 0 spiro atoms. The molecule has 0 fully saturated rings. The zero-order valence-corrected chi connectivity index (χ0v) is 18.9. The molecule has 0 aliphatic heterocycles. The molecule has 0 saturated heterocycles. The number of alkyl halides is 2. The highest BCUT2D eigenvalue weighted by Gasteiger charge is 2.24. The summed E-state index contributed by atoms with van der Waals surface area (Å²) < 4.78 is 31.8. The SMILES string of the molecule is CC(C)c1nc(CNC(=O)c2cnc(OCC(C)(F)F)c(-c3ccc(Cl)cc3)c2)cs1. The minimum Gasteiger partial charge on any atom is -0.471 e. The van der Waals surface area contributed by atoms with E-state index >= 15 is 0 Å². The third-order valence-electron chi connectivity index (χ3n) is 4.22. The van der Waals surface area contributed by atoms with E-state index in [0.717, 1.165) is 17.6 Å². The number of rotatable bonds is 8. The van der Waals surface area contributed by atoms with E-state index in [4.69, 9.17) is 16.3 Å². The van der Waals surface area contributed by atoms with E-state index in [1.54, 1.807) is 41.7 Å². The number of carbonyl (C=O) groups excluding carboxylic acids is 1. The molecule has 0 atom stereocenters. The van der Waals surface area contributed by atoms with Crippen molar-refractivity contribution < 1.29 is 18.3 Å². The number of benzene rings is 1. The molecule has 164 valence electrons. The first kappa shape index (κ1) is 23.1. The second-order valence-electron chi connectivity index (χ2n) is 7.46. The molecular weight excluding hydrogens is 444 g/mol. The van der Waals surface area contributed by atoms with Crippen LogP contribution in [0.1, 0.15) is 47.7 Å². The summed E-state index contributed by atoms with van der Waals surface area (Å²) in [6, 6.07) is 8.31. The van der Waals surface area contributed by atoms with Gasteiger partial charge in [0, 0.05) is 35.0 Å². The largest absolute Gasteiger partial charge is 0.471 e. The molecule has 5 nitrogen and oxygen atoms in total. The lowest BCUT2D eigenvalue weighted by Gasteiger charge is -2.15. The second kappa shape index (κ2) is 9.70. The van der Waals surface area contributed by atoms with Crippen molar-refractivity contribution in [3.63, 3.8) is 0 Å². The maximum atomic E-state index is 13.3. The zero-order chi connectivity index (χ0) is 22.6. The van der Waals surface area contributed by atoms with Crippen LogP contribution >= 0.6 is 22.9 Å². The van der Waals surface area contributed by atoms with Crippen molar-refractivity contribution in [3.05, 3.63) is 63.2 Å². The summed E-state index contributed by atoms with van der Waals surface area (Å²) in [5.74, 6) is -3.03. The molecule has 0 aliphatic carbocycles. The summed E-state index contributed by atoms with van der Waals surface area (Å²) in [4.78, 5) is 21.3. The molecule has 3 rings (SSSR count). The van der Waals surface area contributed by atoms with Crippen LogP contribution in [0.15, 0.2) is 41.9 Å². The smallest absolute Gasteiger partial charge is 0.278 e. The standard InChI is InChI=1S/C22H22ClF2N3O2S/c1-13(2)21-28-17(11-31-21)10-26-19(29)15-8-18(14-4-6-16(23)7-5-14)20(27-9-15)30-12-22(3,24)25/h4-9,11,13H,10,12H2,1-3H3,(H,26,29). The average molecular weight is 466 g/mol. The minimum atomic E-state index is -3.02. The Bertz CT molecular complexity index is 1050. The number of nitrogens with zero attached hydrogens (tertiary/aromatic N) is 2. The molecule has 0 saturated carbocycles. The number of aromatic nitrogens is 2. The van der Waals surface area contributed by atoms with Crippen molar-refractivity contribution in [2.45, 2.75) is 39.2 Å². The number of amides is 1. The number of ether oxygens (including phenoxy) is 1. The highest BCUT2D eigenvalue weighted by atomic mass is 35.5. The highest BCUT2D eigenvalue weighted by Crippen LogP contribution is 2.31. The van der Waals surface area contributed by atoms with Gasteiger partial charge in [-0.25, -0.2) is 18.7 Å². The van der Waals surface area contributed by atoms with Gasteiger partial charge in [-0.3, -0.25) is 4.79 Å². The first-order chi connectivity index (χ1) is 14.6. The summed E-state index contributed by atoms with van der Waals surface area (Å²) >= 11 is 7.50. The lowest BCUT2D eigenvalue weighted by Crippen LogP contribution is -2.24. The molecule has 1 N–H and O–H groups in total. The van der Waals surface area contributed by atoms with Crippen LogP contribution in [0.5, 0.6) is 5.88 Å². The molecule has 2 heterocycles. The van der Waals surface area contributed by atoms with Crippen LogP contribution in [-0.2, 0) is 6.54 Å². The Balaban J connectivity index is 1.81. The van der Waals surface area contributed by atoms with Gasteiger partial charge in [0.1, 0.15) is 0 Å². The lowest BCUT2D eigenvalue weighted by atomic mass is 10.0. The van der Waals surface area contributed by atoms with Gasteiger partial charge in [-0.15, -0.1) is 11.3 Å². The van der Waals surface area contributed by atoms with Crippen molar-refractivity contribution in [2.24, 2.45) is 0 Å². The van der Waals surface area contributed by atoms with Gasteiger partial charge >= 0.3 is 0 Å². The van der Waals surface area contributed by atoms with E-state index in [-0.39, 0.29) is 23.9 Å². The monoisotopic (exact) mass is 465 g/mol. The van der Waals surface area contributed by atoms with E-state index in [0.29, 0.717) is 22.1 Å². The fourth-order valence-corrected chi connectivity index (χ4v) is 3.63. The number of hydrogen-bond donors (Lipinski definition) is 1. The van der Waals surface area contributed by atoms with Crippen molar-refractivity contribution in [3.8, 4) is 17.0 Å². The van der Waals surface area contributed by atoms with Crippen LogP contribution in [0.2, 0.25) is 5.02 Å². The second-order valence-corrected chi connectivity index (χ2v) is 8.78. The normalized spacial score (nSPS) is 11.6. The number of nitrogens with one attached hydrogen (secondary N) is 1. The van der Waals surface area contributed by atoms with Crippen LogP contribution in [0.3, 0.4) is 0 Å². The highest BCUT2D eigenvalue weighted by molar-refractivity contribution is 7.09. The Kier molecular flexibility index (Phi) is 7.23. The lowest BCUT2D eigenvalue weighted by molar-refractivity contribution is -0.0240. The zero-order valence-electron chi connectivity index (χ0n) is 17.3. The van der Waals surface area contributed by atoms with Gasteiger partial charge in [-0.2, -0.15) is 0 Å². The van der Waals surface area contributed by atoms with Crippen LogP contribution in [0.25, 0.3) is 11.1 Å². The van der Waals surface area contributed by atoms with Crippen LogP contribution in [0.4, 0.5) is 8.78 Å². The quantitative estimate of drug-likeness (QED) is 0.446. The number of carbonyl (C=O) groups is 1. The average Bonchev–Trinajstić information content (AvgIpc) is 3.20. The molecule has 1 amide bonds. The van der Waals surface area contributed by atoms with Crippen LogP contribution in [-0.4, -0.2) is 28.4 Å². The Morgan fingerprint density at radius 1 is 1.29 bits per heavy atom. The summed E-state index contributed by atoms with van der Waals surface area (Å²) in [6.07, 6.45) is 1.30. The molecule has 0 aliphatic rings. The molecule has 0 unspecified atom stereocenters. The predicted molar refractivity (Wildman–Crippen MR) is 118 cm³/mol. The van der Waals surface area contributed by atoms with Crippen LogP contribution < -0.4 is 10.1 Å². The maximum Gasteiger partial charge on any atom is 0.278 e. The van der Waals surface area contributed by atoms with Gasteiger partial charge in [0.15, 0.2) is 6.61 Å². The first-order valence-electron chi connectivity index (χ1n) is 9.61. The molecule has 3 aromatic rings. The van der Waals surface area contributed by atoms with Gasteiger partial charge in [-0.1, -0.05) is 37.6 Å².